The molecule has 0 bridgehead atoms. The molecule has 0 saturated carbocycles. The Hall–Kier alpha value is -4.75. The maximum Gasteiger partial charge on any atom is 0.461 e. The molecule has 0 fully saturated rings. The summed E-state index contributed by atoms with van der Waals surface area (Å²) in [6.45, 7) is 4.76. The highest BCUT2D eigenvalue weighted by Crippen LogP contribution is 2.40. The summed E-state index contributed by atoms with van der Waals surface area (Å²) in [4.78, 5) is 13.8. The molecule has 48 heavy (non-hydrogen) atoms. The first-order valence-corrected chi connectivity index (χ1v) is 14.1. The number of ether oxygens (including phenoxy) is 2. The molecular weight excluding hydrogens is 660 g/mol. The van der Waals surface area contributed by atoms with E-state index in [1.165, 1.54) is 12.1 Å². The van der Waals surface area contributed by atoms with Gasteiger partial charge >= 0.3 is 18.7 Å². The van der Waals surface area contributed by atoms with E-state index >= 15 is 8.78 Å². The van der Waals surface area contributed by atoms with Gasteiger partial charge in [0, 0.05) is 18.1 Å². The third-order valence-corrected chi connectivity index (χ3v) is 6.89. The second-order valence-electron chi connectivity index (χ2n) is 11.7. The predicted molar refractivity (Wildman–Crippen MR) is 155 cm³/mol. The van der Waals surface area contributed by atoms with Crippen LogP contribution in [0.2, 0.25) is 0 Å². The standard InChI is InChI=1S/C34H27F10NO3/c1-31(2,3)48-28-16-21(10-12-27(28)37)32(18-19-7-5-4-6-8-19,22-14-23(35)17-24(15-22)47-34(43,44)30(38)39)45-29(46)20-9-11-26(36)25(13-20)33(40,41)42/h4-17,30H,18H2,1-3H3,(H,45,46)/t32-/m1/s1. The molecule has 4 aromatic rings. The van der Waals surface area contributed by atoms with Gasteiger partial charge in [-0.2, -0.15) is 30.7 Å². The van der Waals surface area contributed by atoms with Crippen molar-refractivity contribution in [3.63, 3.8) is 0 Å². The third kappa shape index (κ3) is 8.39. The largest absolute Gasteiger partial charge is 0.485 e. The van der Waals surface area contributed by atoms with Crippen LogP contribution in [0.25, 0.3) is 0 Å². The Bertz CT molecular complexity index is 1770. The van der Waals surface area contributed by atoms with Crippen LogP contribution >= 0.6 is 0 Å². The van der Waals surface area contributed by atoms with Gasteiger partial charge in [-0.25, -0.2) is 13.2 Å². The van der Waals surface area contributed by atoms with Crippen LogP contribution in [-0.4, -0.2) is 24.0 Å². The van der Waals surface area contributed by atoms with E-state index in [0.29, 0.717) is 17.7 Å². The van der Waals surface area contributed by atoms with E-state index in [1.54, 1.807) is 39.0 Å². The van der Waals surface area contributed by atoms with Gasteiger partial charge < -0.3 is 14.8 Å². The summed E-state index contributed by atoms with van der Waals surface area (Å²) in [5, 5.41) is 2.51. The number of amides is 1. The Kier molecular flexibility index (Phi) is 10.1. The average molecular weight is 688 g/mol. The fraction of sp³-hybridized carbons (Fsp3) is 0.265. The molecule has 0 saturated heterocycles. The van der Waals surface area contributed by atoms with E-state index < -0.39 is 82.1 Å². The van der Waals surface area contributed by atoms with E-state index in [4.69, 9.17) is 4.74 Å². The van der Waals surface area contributed by atoms with Crippen LogP contribution < -0.4 is 14.8 Å². The van der Waals surface area contributed by atoms with E-state index in [9.17, 15) is 39.9 Å². The topological polar surface area (TPSA) is 47.6 Å². The Morgan fingerprint density at radius 1 is 0.750 bits per heavy atom. The number of hydrogen-bond donors (Lipinski definition) is 1. The van der Waals surface area contributed by atoms with Crippen LogP contribution in [0.1, 0.15) is 53.4 Å². The highest BCUT2D eigenvalue weighted by atomic mass is 19.4. The molecule has 0 radical (unpaired) electrons. The van der Waals surface area contributed by atoms with Crippen molar-refractivity contribution in [1.82, 2.24) is 5.32 Å². The van der Waals surface area contributed by atoms with E-state index in [-0.39, 0.29) is 17.4 Å². The van der Waals surface area contributed by atoms with Crippen molar-refractivity contribution >= 4 is 5.91 Å². The number of alkyl halides is 7. The zero-order chi connectivity index (χ0) is 35.7. The lowest BCUT2D eigenvalue weighted by atomic mass is 9.77. The molecule has 0 unspecified atom stereocenters. The number of halogens is 10. The second kappa shape index (κ2) is 13.4. The van der Waals surface area contributed by atoms with Gasteiger partial charge in [0.15, 0.2) is 11.6 Å². The fourth-order valence-corrected chi connectivity index (χ4v) is 4.86. The van der Waals surface area contributed by atoms with Crippen molar-refractivity contribution in [3.8, 4) is 11.5 Å². The number of carbonyl (C=O) groups excluding carboxylic acids is 1. The lowest BCUT2D eigenvalue weighted by Gasteiger charge is -2.37. The summed E-state index contributed by atoms with van der Waals surface area (Å²) < 4.78 is 149. The lowest BCUT2D eigenvalue weighted by Crippen LogP contribution is -2.49. The Balaban J connectivity index is 2.03. The van der Waals surface area contributed by atoms with Gasteiger partial charge in [-0.1, -0.05) is 36.4 Å². The van der Waals surface area contributed by atoms with Crippen molar-refractivity contribution in [2.75, 3.05) is 0 Å². The Morgan fingerprint density at radius 2 is 1.40 bits per heavy atom. The highest BCUT2D eigenvalue weighted by Gasteiger charge is 2.45. The summed E-state index contributed by atoms with van der Waals surface area (Å²) in [5.74, 6) is -6.63. The molecule has 0 aliphatic heterocycles. The summed E-state index contributed by atoms with van der Waals surface area (Å²) in [6, 6.07) is 14.2. The molecule has 14 heteroatoms. The Labute approximate surface area is 268 Å². The molecule has 0 aromatic heterocycles. The summed E-state index contributed by atoms with van der Waals surface area (Å²) in [7, 11) is 0. The molecule has 256 valence electrons. The first-order valence-electron chi connectivity index (χ1n) is 14.1. The van der Waals surface area contributed by atoms with Gasteiger partial charge in [0.1, 0.15) is 23.0 Å². The van der Waals surface area contributed by atoms with Gasteiger partial charge in [0.05, 0.1) is 11.1 Å². The monoisotopic (exact) mass is 687 g/mol. The van der Waals surface area contributed by atoms with Crippen LogP contribution in [0.5, 0.6) is 11.5 Å². The predicted octanol–water partition coefficient (Wildman–Crippen LogP) is 9.45. The van der Waals surface area contributed by atoms with Gasteiger partial charge in [0.25, 0.3) is 5.91 Å². The van der Waals surface area contributed by atoms with Crippen molar-refractivity contribution in [2.24, 2.45) is 0 Å². The zero-order valence-electron chi connectivity index (χ0n) is 25.4. The van der Waals surface area contributed by atoms with E-state index in [2.05, 4.69) is 10.1 Å². The molecule has 0 heterocycles. The minimum atomic E-state index is -5.21. The smallest absolute Gasteiger partial charge is 0.461 e. The van der Waals surface area contributed by atoms with E-state index in [0.717, 1.165) is 36.4 Å². The second-order valence-corrected chi connectivity index (χ2v) is 11.7. The first-order chi connectivity index (χ1) is 22.2. The van der Waals surface area contributed by atoms with Crippen LogP contribution in [0, 0.1) is 17.5 Å². The maximum atomic E-state index is 15.2. The minimum Gasteiger partial charge on any atom is -0.485 e. The molecule has 4 aromatic carbocycles. The summed E-state index contributed by atoms with van der Waals surface area (Å²) >= 11 is 0. The van der Waals surface area contributed by atoms with Gasteiger partial charge in [-0.3, -0.25) is 4.79 Å². The number of rotatable bonds is 10. The number of hydrogen-bond acceptors (Lipinski definition) is 3. The molecule has 1 atom stereocenters. The van der Waals surface area contributed by atoms with Crippen LogP contribution in [-0.2, 0) is 18.1 Å². The van der Waals surface area contributed by atoms with Gasteiger partial charge in [-0.15, -0.1) is 0 Å². The van der Waals surface area contributed by atoms with Crippen LogP contribution in [0.15, 0.2) is 84.9 Å². The van der Waals surface area contributed by atoms with Crippen molar-refractivity contribution < 1.29 is 58.2 Å². The fourth-order valence-electron chi connectivity index (χ4n) is 4.86. The lowest BCUT2D eigenvalue weighted by molar-refractivity contribution is -0.253. The maximum absolute atomic E-state index is 15.2. The van der Waals surface area contributed by atoms with Gasteiger partial charge in [0.2, 0.25) is 0 Å². The summed E-state index contributed by atoms with van der Waals surface area (Å²) in [5.41, 5.74) is -5.82. The van der Waals surface area contributed by atoms with Gasteiger partial charge in [-0.05, 0) is 79.9 Å². The van der Waals surface area contributed by atoms with Crippen molar-refractivity contribution in [2.45, 2.75) is 57.0 Å². The molecule has 1 amide bonds. The first kappa shape index (κ1) is 36.1. The molecule has 1 N–H and O–H groups in total. The zero-order valence-corrected chi connectivity index (χ0v) is 25.4. The summed E-state index contributed by atoms with van der Waals surface area (Å²) in [6.07, 6.45) is -15.0. The SMILES string of the molecule is CC(C)(C)Oc1cc([C@@](Cc2ccccc2)(NC(=O)c2ccc(F)c(C(F)(F)F)c2)c2cc(F)cc(OC(F)(F)C(F)F)c2)ccc1F. The highest BCUT2D eigenvalue weighted by molar-refractivity contribution is 5.95. The molecular formula is C34H27F10NO3. The normalized spacial score (nSPS) is 13.6. The molecule has 0 spiro atoms. The molecule has 4 rings (SSSR count). The number of nitrogens with one attached hydrogen (secondary N) is 1. The number of benzene rings is 4. The Morgan fingerprint density at radius 3 is 2.00 bits per heavy atom. The molecule has 4 nitrogen and oxygen atoms in total. The van der Waals surface area contributed by atoms with Crippen LogP contribution in [0.3, 0.4) is 0 Å². The quantitative estimate of drug-likeness (QED) is 0.169. The average Bonchev–Trinajstić information content (AvgIpc) is 2.96. The van der Waals surface area contributed by atoms with Crippen molar-refractivity contribution in [3.05, 3.63) is 130 Å². The van der Waals surface area contributed by atoms with E-state index in [1.807, 2.05) is 0 Å². The van der Waals surface area contributed by atoms with Crippen molar-refractivity contribution in [1.29, 1.82) is 0 Å². The molecule has 0 aliphatic rings. The van der Waals surface area contributed by atoms with Crippen LogP contribution in [0.4, 0.5) is 43.9 Å². The minimum absolute atomic E-state index is 0.101. The number of carbonyl (C=O) groups is 1. The molecule has 0 aliphatic carbocycles. The third-order valence-electron chi connectivity index (χ3n) is 6.89.